The highest BCUT2D eigenvalue weighted by Gasteiger charge is 2.17. The van der Waals surface area contributed by atoms with Gasteiger partial charge in [-0.25, -0.2) is 0 Å². The van der Waals surface area contributed by atoms with E-state index >= 15 is 0 Å². The third kappa shape index (κ3) is 3.33. The Kier molecular flexibility index (Phi) is 4.44. The number of rotatable bonds is 5. The van der Waals surface area contributed by atoms with Crippen LogP contribution in [0.1, 0.15) is 22.0 Å². The van der Waals surface area contributed by atoms with Gasteiger partial charge in [0, 0.05) is 12.4 Å². The first-order chi connectivity index (χ1) is 12.0. The van der Waals surface area contributed by atoms with Gasteiger partial charge in [-0.3, -0.25) is 15.1 Å². The van der Waals surface area contributed by atoms with E-state index in [9.17, 15) is 4.79 Å². The Morgan fingerprint density at radius 3 is 2.76 bits per heavy atom. The lowest BCUT2D eigenvalue weighted by molar-refractivity contribution is 0.0864. The molecule has 0 atom stereocenters. The Morgan fingerprint density at radius 1 is 1.32 bits per heavy atom. The molecule has 0 saturated carbocycles. The van der Waals surface area contributed by atoms with Crippen LogP contribution in [-0.4, -0.2) is 28.8 Å². The van der Waals surface area contributed by atoms with Crippen molar-refractivity contribution in [2.45, 2.75) is 13.2 Å². The number of para-hydroxylation sites is 1. The molecule has 0 aliphatic heterocycles. The van der Waals surface area contributed by atoms with E-state index in [1.54, 1.807) is 12.1 Å². The highest BCUT2D eigenvalue weighted by Crippen LogP contribution is 2.27. The summed E-state index contributed by atoms with van der Waals surface area (Å²) < 4.78 is 11.3. The van der Waals surface area contributed by atoms with Crippen molar-refractivity contribution in [3.05, 3.63) is 53.6 Å². The SMILES string of the molecule is CN(C(=N)N)C(=O)c1cc2cccc(OCc3ccc(CN)o3)c2[nH]1. The Hall–Kier alpha value is -3.26. The number of nitrogens with two attached hydrogens (primary N) is 2. The standard InChI is InChI=1S/C17H19N5O3/c1-22(17(19)20)16(23)13-7-10-3-2-4-14(15(10)21-13)24-9-12-6-5-11(8-18)25-12/h2-7,21H,8-9,18H2,1H3,(H3,19,20). The second kappa shape index (κ2) is 6.70. The summed E-state index contributed by atoms with van der Waals surface area (Å²) in [6, 6.07) is 10.8. The van der Waals surface area contributed by atoms with Crippen molar-refractivity contribution in [1.29, 1.82) is 5.41 Å². The summed E-state index contributed by atoms with van der Waals surface area (Å²) in [6.07, 6.45) is 0. The molecule has 2 aromatic heterocycles. The Morgan fingerprint density at radius 2 is 2.08 bits per heavy atom. The van der Waals surface area contributed by atoms with Gasteiger partial charge in [0.05, 0.1) is 12.1 Å². The molecular weight excluding hydrogens is 322 g/mol. The van der Waals surface area contributed by atoms with Crippen molar-refractivity contribution in [2.24, 2.45) is 11.5 Å². The number of ether oxygens (including phenoxy) is 1. The number of nitrogens with one attached hydrogen (secondary N) is 2. The average molecular weight is 341 g/mol. The number of fused-ring (bicyclic) bond motifs is 1. The van der Waals surface area contributed by atoms with Gasteiger partial charge in [0.25, 0.3) is 5.91 Å². The van der Waals surface area contributed by atoms with Gasteiger partial charge in [-0.2, -0.15) is 0 Å². The van der Waals surface area contributed by atoms with Crippen molar-refractivity contribution < 1.29 is 13.9 Å². The van der Waals surface area contributed by atoms with E-state index < -0.39 is 5.91 Å². The third-order valence-electron chi connectivity index (χ3n) is 3.80. The number of aromatic amines is 1. The van der Waals surface area contributed by atoms with Crippen molar-refractivity contribution in [1.82, 2.24) is 9.88 Å². The number of carbonyl (C=O) groups is 1. The molecule has 1 amide bonds. The van der Waals surface area contributed by atoms with E-state index in [4.69, 9.17) is 26.0 Å². The molecule has 8 heteroatoms. The van der Waals surface area contributed by atoms with Gasteiger partial charge in [-0.1, -0.05) is 12.1 Å². The van der Waals surface area contributed by atoms with Crippen LogP contribution in [0.4, 0.5) is 0 Å². The molecule has 1 aromatic carbocycles. The molecule has 2 heterocycles. The highest BCUT2D eigenvalue weighted by molar-refractivity contribution is 6.06. The van der Waals surface area contributed by atoms with E-state index in [-0.39, 0.29) is 12.6 Å². The molecule has 3 aromatic rings. The van der Waals surface area contributed by atoms with E-state index in [0.29, 0.717) is 35.0 Å². The van der Waals surface area contributed by atoms with Gasteiger partial charge in [0.1, 0.15) is 29.6 Å². The van der Waals surface area contributed by atoms with Crippen LogP contribution in [0.25, 0.3) is 10.9 Å². The number of hydrogen-bond acceptors (Lipinski definition) is 5. The zero-order valence-electron chi connectivity index (χ0n) is 13.7. The first kappa shape index (κ1) is 16.6. The highest BCUT2D eigenvalue weighted by atomic mass is 16.5. The van der Waals surface area contributed by atoms with Crippen LogP contribution in [0.15, 0.2) is 40.8 Å². The van der Waals surface area contributed by atoms with Crippen molar-refractivity contribution >= 4 is 22.8 Å². The van der Waals surface area contributed by atoms with Crippen LogP contribution >= 0.6 is 0 Å². The van der Waals surface area contributed by atoms with E-state index in [1.807, 2.05) is 24.3 Å². The van der Waals surface area contributed by atoms with Gasteiger partial charge in [0.15, 0.2) is 5.96 Å². The predicted molar refractivity (Wildman–Crippen MR) is 93.2 cm³/mol. The molecule has 0 aliphatic rings. The third-order valence-corrected chi connectivity index (χ3v) is 3.80. The molecule has 0 radical (unpaired) electrons. The molecule has 0 unspecified atom stereocenters. The molecule has 0 fully saturated rings. The number of H-pyrrole nitrogens is 1. The molecule has 130 valence electrons. The fourth-order valence-electron chi connectivity index (χ4n) is 2.41. The number of furan rings is 1. The van der Waals surface area contributed by atoms with Gasteiger partial charge in [-0.15, -0.1) is 0 Å². The predicted octanol–water partition coefficient (Wildman–Crippen LogP) is 1.76. The maximum atomic E-state index is 12.3. The summed E-state index contributed by atoms with van der Waals surface area (Å²) in [5, 5.41) is 8.18. The van der Waals surface area contributed by atoms with Crippen LogP contribution in [0.5, 0.6) is 5.75 Å². The number of benzene rings is 1. The van der Waals surface area contributed by atoms with Crippen LogP contribution in [0.2, 0.25) is 0 Å². The van der Waals surface area contributed by atoms with E-state index in [2.05, 4.69) is 4.98 Å². The molecule has 0 aliphatic carbocycles. The first-order valence-corrected chi connectivity index (χ1v) is 7.64. The summed E-state index contributed by atoms with van der Waals surface area (Å²) in [5.41, 5.74) is 11.9. The molecular formula is C17H19N5O3. The minimum atomic E-state index is -0.395. The van der Waals surface area contributed by atoms with E-state index in [1.165, 1.54) is 7.05 Å². The Bertz CT molecular complexity index is 927. The number of carbonyl (C=O) groups excluding carboxylic acids is 1. The lowest BCUT2D eigenvalue weighted by Crippen LogP contribution is -2.38. The van der Waals surface area contributed by atoms with Crippen molar-refractivity contribution in [3.63, 3.8) is 0 Å². The van der Waals surface area contributed by atoms with Crippen molar-refractivity contribution in [3.8, 4) is 5.75 Å². The molecule has 25 heavy (non-hydrogen) atoms. The largest absolute Gasteiger partial charge is 0.483 e. The summed E-state index contributed by atoms with van der Waals surface area (Å²) >= 11 is 0. The van der Waals surface area contributed by atoms with Gasteiger partial charge >= 0.3 is 0 Å². The number of guanidine groups is 1. The van der Waals surface area contributed by atoms with E-state index in [0.717, 1.165) is 10.3 Å². The number of nitrogens with zero attached hydrogens (tertiary/aromatic N) is 1. The summed E-state index contributed by atoms with van der Waals surface area (Å²) in [5.74, 6) is 1.23. The van der Waals surface area contributed by atoms with Crippen molar-refractivity contribution in [2.75, 3.05) is 7.05 Å². The molecule has 0 spiro atoms. The second-order valence-corrected chi connectivity index (χ2v) is 5.51. The van der Waals surface area contributed by atoms with Crippen LogP contribution in [-0.2, 0) is 13.2 Å². The number of aromatic nitrogens is 1. The molecule has 8 nitrogen and oxygen atoms in total. The zero-order valence-corrected chi connectivity index (χ0v) is 13.7. The van der Waals surface area contributed by atoms with Gasteiger partial charge < -0.3 is 25.6 Å². The quantitative estimate of drug-likeness (QED) is 0.414. The van der Waals surface area contributed by atoms with Gasteiger partial charge in [-0.05, 0) is 24.3 Å². The molecule has 0 saturated heterocycles. The molecule has 6 N–H and O–H groups in total. The maximum Gasteiger partial charge on any atom is 0.276 e. The maximum absolute atomic E-state index is 12.3. The lowest BCUT2D eigenvalue weighted by Gasteiger charge is -2.12. The number of amides is 1. The summed E-state index contributed by atoms with van der Waals surface area (Å²) in [6.45, 7) is 0.579. The van der Waals surface area contributed by atoms with Crippen LogP contribution in [0, 0.1) is 5.41 Å². The average Bonchev–Trinajstić information content (AvgIpc) is 3.25. The molecule has 3 rings (SSSR count). The minimum absolute atomic E-state index is 0.245. The second-order valence-electron chi connectivity index (χ2n) is 5.51. The fourth-order valence-corrected chi connectivity index (χ4v) is 2.41. The van der Waals surface area contributed by atoms with Crippen LogP contribution in [0.3, 0.4) is 0 Å². The first-order valence-electron chi connectivity index (χ1n) is 7.64. The Labute approximate surface area is 143 Å². The topological polar surface area (TPSA) is 134 Å². The molecule has 0 bridgehead atoms. The zero-order chi connectivity index (χ0) is 18.0. The summed E-state index contributed by atoms with van der Waals surface area (Å²) in [4.78, 5) is 16.4. The summed E-state index contributed by atoms with van der Waals surface area (Å²) in [7, 11) is 1.44. The fraction of sp³-hybridized carbons (Fsp3) is 0.176. The smallest absolute Gasteiger partial charge is 0.276 e. The van der Waals surface area contributed by atoms with Crippen LogP contribution < -0.4 is 16.2 Å². The number of hydrogen-bond donors (Lipinski definition) is 4. The lowest BCUT2D eigenvalue weighted by atomic mass is 10.2. The monoisotopic (exact) mass is 341 g/mol. The van der Waals surface area contributed by atoms with Gasteiger partial charge in [0.2, 0.25) is 0 Å². The Balaban J connectivity index is 1.84. The minimum Gasteiger partial charge on any atom is -0.483 e. The normalized spacial score (nSPS) is 10.8.